The number of tetrazole rings is 1. The van der Waals surface area contributed by atoms with E-state index in [1.54, 1.807) is 35.0 Å². The highest BCUT2D eigenvalue weighted by molar-refractivity contribution is 8.01. The molecule has 1 unspecified atom stereocenters. The molecule has 2 atom stereocenters. The number of hydrogen-bond acceptors (Lipinski definition) is 10. The number of H-pyrrole nitrogens is 1. The third-order valence-corrected chi connectivity index (χ3v) is 9.47. The van der Waals surface area contributed by atoms with Crippen LogP contribution >= 0.6 is 23.5 Å². The summed E-state index contributed by atoms with van der Waals surface area (Å²) in [5.41, 5.74) is 2.87. The van der Waals surface area contributed by atoms with Gasteiger partial charge in [-0.05, 0) is 53.6 Å². The molecule has 16 heteroatoms. The maximum absolute atomic E-state index is 13.2. The number of β-lactam (4-membered cyclic amide) rings is 1. The first-order valence-corrected chi connectivity index (χ1v) is 15.7. The van der Waals surface area contributed by atoms with Crippen molar-refractivity contribution in [2.24, 2.45) is 0 Å². The van der Waals surface area contributed by atoms with Gasteiger partial charge in [0.25, 0.3) is 11.8 Å². The summed E-state index contributed by atoms with van der Waals surface area (Å²) < 4.78 is 1.65. The minimum atomic E-state index is -1.21. The van der Waals surface area contributed by atoms with Crippen LogP contribution in [0.1, 0.15) is 36.1 Å². The summed E-state index contributed by atoms with van der Waals surface area (Å²) in [6, 6.07) is 13.3. The average Bonchev–Trinajstić information content (AvgIpc) is 3.67. The number of fused-ring (bicyclic) bond motifs is 2. The number of imidazole rings is 1. The van der Waals surface area contributed by atoms with E-state index in [9.17, 15) is 24.3 Å². The number of nitrogens with zero attached hydrogens (tertiary/aromatic N) is 6. The van der Waals surface area contributed by atoms with E-state index in [1.165, 1.54) is 28.4 Å². The molecule has 3 amide bonds. The van der Waals surface area contributed by atoms with E-state index in [-0.39, 0.29) is 24.0 Å². The second kappa shape index (κ2) is 12.1. The van der Waals surface area contributed by atoms with Crippen LogP contribution in [0.15, 0.2) is 65.0 Å². The van der Waals surface area contributed by atoms with Crippen molar-refractivity contribution in [3.05, 3.63) is 71.2 Å². The molecule has 4 N–H and O–H groups in total. The predicted octanol–water partition coefficient (Wildman–Crippen LogP) is 2.46. The lowest BCUT2D eigenvalue weighted by atomic mass is 10.0. The number of aliphatic carboxylic acids is 1. The fourth-order valence-electron chi connectivity index (χ4n) is 4.99. The van der Waals surface area contributed by atoms with Gasteiger partial charge in [0.1, 0.15) is 17.1 Å². The molecule has 6 rings (SSSR count). The molecule has 2 aliphatic rings. The Kier molecular flexibility index (Phi) is 8.09. The van der Waals surface area contributed by atoms with Crippen molar-refractivity contribution in [2.45, 2.75) is 42.9 Å². The summed E-state index contributed by atoms with van der Waals surface area (Å²) in [6.07, 6.45) is -0.105. The molecule has 2 aromatic carbocycles. The zero-order valence-electron chi connectivity index (χ0n) is 23.6. The first-order chi connectivity index (χ1) is 21.2. The van der Waals surface area contributed by atoms with Gasteiger partial charge in [-0.25, -0.2) is 14.5 Å². The van der Waals surface area contributed by atoms with E-state index in [0.29, 0.717) is 39.0 Å². The Bertz CT molecular complexity index is 1780. The maximum Gasteiger partial charge on any atom is 0.352 e. The zero-order chi connectivity index (χ0) is 31.0. The standard InChI is InChI=1S/C28H27N9O5S2/c1-14(2)37-28(33-34-35-37)44-13-16-12-43-26-21(25(40)36(26)22(16)27(41)42)32-20(38)11-15-7-3-4-8-17(15)31-24(39)23-29-18-9-5-6-10-19(18)30-23/h3-10,14,21,26H,11-13H2,1-2H3,(H,29,30)(H,31,39)(H,32,38)(H,41,42)/t21?,26-/m1/s1. The minimum absolute atomic E-state index is 0.0339. The first-order valence-electron chi connectivity index (χ1n) is 13.6. The minimum Gasteiger partial charge on any atom is -0.477 e. The summed E-state index contributed by atoms with van der Waals surface area (Å²) in [6.45, 7) is 3.88. The second-order valence-electron chi connectivity index (χ2n) is 10.4. The summed E-state index contributed by atoms with van der Waals surface area (Å²) in [5, 5.41) is 27.2. The molecule has 2 aliphatic heterocycles. The molecule has 1 saturated heterocycles. The van der Waals surface area contributed by atoms with Gasteiger partial charge < -0.3 is 20.7 Å². The van der Waals surface area contributed by atoms with Crippen LogP contribution in [0.3, 0.4) is 0 Å². The number of carboxylic acids is 1. The van der Waals surface area contributed by atoms with E-state index in [2.05, 4.69) is 36.1 Å². The third-order valence-electron chi connectivity index (χ3n) is 7.11. The maximum atomic E-state index is 13.2. The number of carboxylic acid groups (broad SMARTS) is 1. The topological polar surface area (TPSA) is 188 Å². The number of rotatable bonds is 10. The van der Waals surface area contributed by atoms with Crippen LogP contribution in [0, 0.1) is 0 Å². The molecule has 44 heavy (non-hydrogen) atoms. The summed E-state index contributed by atoms with van der Waals surface area (Å²) in [5.74, 6) is -1.79. The quantitative estimate of drug-likeness (QED) is 0.148. The molecular formula is C28H27N9O5S2. The molecule has 4 aromatic rings. The fraction of sp³-hybridized carbons (Fsp3) is 0.286. The Morgan fingerprint density at radius 2 is 1.93 bits per heavy atom. The van der Waals surface area contributed by atoms with Crippen molar-refractivity contribution >= 4 is 63.9 Å². The van der Waals surface area contributed by atoms with Crippen molar-refractivity contribution in [1.82, 2.24) is 40.4 Å². The van der Waals surface area contributed by atoms with Crippen molar-refractivity contribution < 1.29 is 24.3 Å². The molecular weight excluding hydrogens is 607 g/mol. The largest absolute Gasteiger partial charge is 0.477 e. The van der Waals surface area contributed by atoms with Gasteiger partial charge in [0.15, 0.2) is 5.82 Å². The van der Waals surface area contributed by atoms with Gasteiger partial charge in [-0.1, -0.05) is 42.1 Å². The van der Waals surface area contributed by atoms with Crippen LogP contribution in [0.5, 0.6) is 0 Å². The number of aromatic nitrogens is 6. The van der Waals surface area contributed by atoms with E-state index >= 15 is 0 Å². The Labute approximate surface area is 259 Å². The third kappa shape index (κ3) is 5.65. The number of benzene rings is 2. The lowest BCUT2D eigenvalue weighted by Gasteiger charge is -2.49. The van der Waals surface area contributed by atoms with Crippen LogP contribution in [0.2, 0.25) is 0 Å². The predicted molar refractivity (Wildman–Crippen MR) is 163 cm³/mol. The van der Waals surface area contributed by atoms with Gasteiger partial charge in [-0.3, -0.25) is 19.3 Å². The highest BCUT2D eigenvalue weighted by Gasteiger charge is 2.54. The van der Waals surface area contributed by atoms with Crippen molar-refractivity contribution in [1.29, 1.82) is 0 Å². The molecule has 0 bridgehead atoms. The fourth-order valence-corrected chi connectivity index (χ4v) is 7.48. The number of carbonyl (C=O) groups is 4. The lowest BCUT2D eigenvalue weighted by molar-refractivity contribution is -0.150. The number of thioether (sulfide) groups is 2. The normalized spacial score (nSPS) is 17.9. The van der Waals surface area contributed by atoms with Crippen LogP contribution in [0.4, 0.5) is 5.69 Å². The SMILES string of the molecule is CC(C)n1nnnc1SCC1=C(C(=O)O)N2C(=O)C(NC(=O)Cc3ccccc3NC(=O)c3nc4ccccc4[nH]3)[C@H]2SC1. The molecule has 0 saturated carbocycles. The van der Waals surface area contributed by atoms with Crippen LogP contribution in [-0.4, -0.2) is 86.8 Å². The molecule has 0 spiro atoms. The Morgan fingerprint density at radius 3 is 2.70 bits per heavy atom. The molecule has 4 heterocycles. The molecule has 14 nitrogen and oxygen atoms in total. The zero-order valence-corrected chi connectivity index (χ0v) is 25.2. The van der Waals surface area contributed by atoms with E-state index in [4.69, 9.17) is 0 Å². The average molecular weight is 634 g/mol. The van der Waals surface area contributed by atoms with Crippen molar-refractivity contribution in [3.8, 4) is 0 Å². The monoisotopic (exact) mass is 633 g/mol. The van der Waals surface area contributed by atoms with Gasteiger partial charge in [0, 0.05) is 17.2 Å². The first kappa shape index (κ1) is 29.4. The molecule has 0 aliphatic carbocycles. The highest BCUT2D eigenvalue weighted by Crippen LogP contribution is 2.41. The van der Waals surface area contributed by atoms with Gasteiger partial charge in [-0.15, -0.1) is 16.9 Å². The Hall–Kier alpha value is -4.70. The van der Waals surface area contributed by atoms with Crippen molar-refractivity contribution in [2.75, 3.05) is 16.8 Å². The van der Waals surface area contributed by atoms with E-state index in [1.807, 2.05) is 32.0 Å². The summed E-state index contributed by atoms with van der Waals surface area (Å²) in [4.78, 5) is 59.9. The van der Waals surface area contributed by atoms with Gasteiger partial charge >= 0.3 is 5.97 Å². The number of para-hydroxylation sites is 3. The van der Waals surface area contributed by atoms with Crippen molar-refractivity contribution in [3.63, 3.8) is 0 Å². The van der Waals surface area contributed by atoms with Gasteiger partial charge in [0.05, 0.1) is 23.5 Å². The molecule has 226 valence electrons. The summed E-state index contributed by atoms with van der Waals surface area (Å²) >= 11 is 2.70. The van der Waals surface area contributed by atoms with E-state index < -0.39 is 35.1 Å². The number of nitrogens with one attached hydrogen (secondary N) is 3. The van der Waals surface area contributed by atoms with Crippen LogP contribution < -0.4 is 10.6 Å². The van der Waals surface area contributed by atoms with Gasteiger partial charge in [0.2, 0.25) is 11.1 Å². The number of hydrogen-bond donors (Lipinski definition) is 4. The Balaban J connectivity index is 1.10. The second-order valence-corrected chi connectivity index (χ2v) is 12.4. The molecule has 2 aromatic heterocycles. The Morgan fingerprint density at radius 1 is 1.16 bits per heavy atom. The van der Waals surface area contributed by atoms with Gasteiger partial charge in [-0.2, -0.15) is 0 Å². The number of carbonyl (C=O) groups excluding carboxylic acids is 3. The highest BCUT2D eigenvalue weighted by atomic mass is 32.2. The van der Waals surface area contributed by atoms with Crippen LogP contribution in [0.25, 0.3) is 11.0 Å². The number of anilines is 1. The summed E-state index contributed by atoms with van der Waals surface area (Å²) in [7, 11) is 0. The molecule has 0 radical (unpaired) electrons. The smallest absolute Gasteiger partial charge is 0.352 e. The number of amides is 3. The molecule has 1 fully saturated rings. The lowest BCUT2D eigenvalue weighted by Crippen LogP contribution is -2.70. The van der Waals surface area contributed by atoms with E-state index in [0.717, 1.165) is 5.52 Å². The number of aromatic amines is 1. The van der Waals surface area contributed by atoms with Crippen LogP contribution in [-0.2, 0) is 20.8 Å².